The monoisotopic (exact) mass is 512 g/mol. The van der Waals surface area contributed by atoms with Crippen molar-refractivity contribution in [2.24, 2.45) is 5.92 Å². The van der Waals surface area contributed by atoms with E-state index in [-0.39, 0.29) is 48.3 Å². The zero-order chi connectivity index (χ0) is 25.7. The number of amides is 2. The van der Waals surface area contributed by atoms with Gasteiger partial charge in [-0.3, -0.25) is 9.59 Å². The van der Waals surface area contributed by atoms with Crippen molar-refractivity contribution >= 4 is 23.2 Å². The highest BCUT2D eigenvalue weighted by Gasteiger charge is 2.34. The first kappa shape index (κ1) is 25.8. The van der Waals surface area contributed by atoms with Gasteiger partial charge in [0.1, 0.15) is 30.5 Å². The average Bonchev–Trinajstić information content (AvgIpc) is 3.36. The summed E-state index contributed by atoms with van der Waals surface area (Å²) in [5.41, 5.74) is 1.26. The van der Waals surface area contributed by atoms with Gasteiger partial charge in [-0.15, -0.1) is 11.3 Å². The Morgan fingerprint density at radius 1 is 1.14 bits per heavy atom. The minimum Gasteiger partial charge on any atom is -0.491 e. The third kappa shape index (κ3) is 6.10. The van der Waals surface area contributed by atoms with Crippen molar-refractivity contribution < 1.29 is 23.1 Å². The van der Waals surface area contributed by atoms with Crippen LogP contribution in [0.3, 0.4) is 0 Å². The Balaban J connectivity index is 1.54. The highest BCUT2D eigenvalue weighted by Crippen LogP contribution is 2.34. The Morgan fingerprint density at radius 3 is 2.64 bits per heavy atom. The van der Waals surface area contributed by atoms with Gasteiger partial charge in [-0.25, -0.2) is 8.78 Å². The molecule has 2 amide bonds. The molecule has 0 radical (unpaired) electrons. The van der Waals surface area contributed by atoms with Gasteiger partial charge in [0, 0.05) is 23.5 Å². The lowest BCUT2D eigenvalue weighted by Crippen LogP contribution is -2.48. The van der Waals surface area contributed by atoms with Gasteiger partial charge in [0.05, 0.1) is 6.04 Å². The van der Waals surface area contributed by atoms with E-state index < -0.39 is 5.82 Å². The van der Waals surface area contributed by atoms with Gasteiger partial charge in [0.25, 0.3) is 5.91 Å². The van der Waals surface area contributed by atoms with E-state index in [1.807, 2.05) is 25.3 Å². The van der Waals surface area contributed by atoms with Gasteiger partial charge >= 0.3 is 0 Å². The largest absolute Gasteiger partial charge is 0.491 e. The van der Waals surface area contributed by atoms with Gasteiger partial charge in [0.2, 0.25) is 5.91 Å². The van der Waals surface area contributed by atoms with Crippen LogP contribution in [-0.2, 0) is 11.2 Å². The number of nitrogens with zero attached hydrogens (tertiary/aromatic N) is 2. The topological polar surface area (TPSA) is 49.9 Å². The Bertz CT molecular complexity index is 1200. The van der Waals surface area contributed by atoms with Crippen LogP contribution < -0.4 is 4.74 Å². The molecule has 2 atom stereocenters. The highest BCUT2D eigenvalue weighted by atomic mass is 32.1. The highest BCUT2D eigenvalue weighted by molar-refractivity contribution is 7.10. The molecular weight excluding hydrogens is 482 g/mol. The number of fused-ring (bicyclic) bond motifs is 1. The quantitative estimate of drug-likeness (QED) is 0.369. The summed E-state index contributed by atoms with van der Waals surface area (Å²) in [7, 11) is 0. The van der Waals surface area contributed by atoms with Crippen LogP contribution in [0.5, 0.6) is 5.75 Å². The van der Waals surface area contributed by atoms with Crippen LogP contribution in [0.2, 0.25) is 0 Å². The Kier molecular flexibility index (Phi) is 8.36. The molecule has 0 saturated heterocycles. The van der Waals surface area contributed by atoms with E-state index in [0.717, 1.165) is 18.4 Å². The molecule has 0 bridgehead atoms. The number of hydrogen-bond donors (Lipinski definition) is 0. The average molecular weight is 513 g/mol. The molecular formula is C28H30F2N2O3S. The third-order valence-corrected chi connectivity index (χ3v) is 7.55. The SMILES string of the molecule is CC[C@@H](C)CN(CC(=O)N1CCc2sccc2[C@@H]1COc1ccc(F)cc1)C(=O)c1cccc(F)c1. The second-order valence-corrected chi connectivity index (χ2v) is 10.1. The molecule has 36 heavy (non-hydrogen) atoms. The van der Waals surface area contributed by atoms with E-state index in [4.69, 9.17) is 4.74 Å². The Morgan fingerprint density at radius 2 is 1.92 bits per heavy atom. The maximum absolute atomic E-state index is 13.8. The van der Waals surface area contributed by atoms with Gasteiger partial charge < -0.3 is 14.5 Å². The zero-order valence-electron chi connectivity index (χ0n) is 20.5. The van der Waals surface area contributed by atoms with Crippen molar-refractivity contribution in [1.82, 2.24) is 9.80 Å². The lowest BCUT2D eigenvalue weighted by Gasteiger charge is -2.37. The van der Waals surface area contributed by atoms with Crippen molar-refractivity contribution in [3.8, 4) is 5.75 Å². The number of thiophene rings is 1. The summed E-state index contributed by atoms with van der Waals surface area (Å²) < 4.78 is 33.0. The van der Waals surface area contributed by atoms with E-state index in [9.17, 15) is 18.4 Å². The maximum atomic E-state index is 13.8. The molecule has 2 aromatic carbocycles. The normalized spacial score (nSPS) is 15.8. The van der Waals surface area contributed by atoms with Gasteiger partial charge in [-0.2, -0.15) is 0 Å². The summed E-state index contributed by atoms with van der Waals surface area (Å²) >= 11 is 1.65. The number of rotatable bonds is 9. The first-order valence-electron chi connectivity index (χ1n) is 12.1. The van der Waals surface area contributed by atoms with Gasteiger partial charge in [-0.1, -0.05) is 26.3 Å². The van der Waals surface area contributed by atoms with Crippen LogP contribution in [0.15, 0.2) is 60.0 Å². The first-order chi connectivity index (χ1) is 17.4. The molecule has 0 aliphatic carbocycles. The number of benzene rings is 2. The maximum Gasteiger partial charge on any atom is 0.254 e. The Labute approximate surface area is 214 Å². The summed E-state index contributed by atoms with van der Waals surface area (Å²) in [6, 6.07) is 13.0. The number of hydrogen-bond acceptors (Lipinski definition) is 4. The van der Waals surface area contributed by atoms with Crippen LogP contribution in [0.25, 0.3) is 0 Å². The van der Waals surface area contributed by atoms with Crippen molar-refractivity contribution in [3.05, 3.63) is 87.6 Å². The zero-order valence-corrected chi connectivity index (χ0v) is 21.3. The Hall–Kier alpha value is -3.26. The molecule has 1 aromatic heterocycles. The third-order valence-electron chi connectivity index (χ3n) is 6.55. The van der Waals surface area contributed by atoms with Crippen molar-refractivity contribution in [3.63, 3.8) is 0 Å². The first-order valence-corrected chi connectivity index (χ1v) is 13.0. The van der Waals surface area contributed by atoms with Crippen molar-refractivity contribution in [2.45, 2.75) is 32.7 Å². The van der Waals surface area contributed by atoms with Crippen LogP contribution in [0.1, 0.15) is 47.1 Å². The van der Waals surface area contributed by atoms with Crippen LogP contribution in [-0.4, -0.2) is 47.9 Å². The summed E-state index contributed by atoms with van der Waals surface area (Å²) in [4.78, 5) is 31.4. The second-order valence-electron chi connectivity index (χ2n) is 9.13. The molecule has 5 nitrogen and oxygen atoms in total. The number of carbonyl (C=O) groups excluding carboxylic acids is 2. The summed E-state index contributed by atoms with van der Waals surface area (Å²) in [6.45, 7) is 5.06. The molecule has 190 valence electrons. The summed E-state index contributed by atoms with van der Waals surface area (Å²) in [5.74, 6) is -0.692. The second kappa shape index (κ2) is 11.6. The number of halogens is 2. The lowest BCUT2D eigenvalue weighted by atomic mass is 10.00. The van der Waals surface area contributed by atoms with Gasteiger partial charge in [0.15, 0.2) is 0 Å². The summed E-state index contributed by atoms with van der Waals surface area (Å²) in [6.07, 6.45) is 1.58. The number of carbonyl (C=O) groups is 2. The van der Waals surface area contributed by atoms with E-state index >= 15 is 0 Å². The molecule has 0 N–H and O–H groups in total. The summed E-state index contributed by atoms with van der Waals surface area (Å²) in [5, 5.41) is 2.01. The molecule has 4 rings (SSSR count). The molecule has 0 unspecified atom stereocenters. The number of ether oxygens (including phenoxy) is 1. The lowest BCUT2D eigenvalue weighted by molar-refractivity contribution is -0.135. The van der Waals surface area contributed by atoms with Crippen LogP contribution >= 0.6 is 11.3 Å². The fraction of sp³-hybridized carbons (Fsp3) is 0.357. The van der Waals surface area contributed by atoms with Crippen molar-refractivity contribution in [2.75, 3.05) is 26.2 Å². The van der Waals surface area contributed by atoms with E-state index in [0.29, 0.717) is 18.8 Å². The van der Waals surface area contributed by atoms with E-state index in [1.165, 1.54) is 40.1 Å². The minimum atomic E-state index is -0.491. The molecule has 8 heteroatoms. The van der Waals surface area contributed by atoms with Crippen LogP contribution in [0.4, 0.5) is 8.78 Å². The molecule has 1 aliphatic heterocycles. The van der Waals surface area contributed by atoms with E-state index in [2.05, 4.69) is 0 Å². The fourth-order valence-electron chi connectivity index (χ4n) is 4.36. The van der Waals surface area contributed by atoms with Crippen LogP contribution in [0, 0.1) is 17.6 Å². The molecule has 2 heterocycles. The molecule has 3 aromatic rings. The van der Waals surface area contributed by atoms with E-state index in [1.54, 1.807) is 34.4 Å². The molecule has 0 spiro atoms. The van der Waals surface area contributed by atoms with Crippen molar-refractivity contribution in [1.29, 1.82) is 0 Å². The minimum absolute atomic E-state index is 0.105. The molecule has 0 fully saturated rings. The molecule has 1 aliphatic rings. The molecule has 0 saturated carbocycles. The predicted molar refractivity (Wildman–Crippen MR) is 136 cm³/mol. The standard InChI is InChI=1S/C28H30F2N2O3S/c1-3-19(2)16-31(28(34)20-5-4-6-22(30)15-20)17-27(33)32-13-11-26-24(12-14-36-26)25(32)18-35-23-9-7-21(29)8-10-23/h4-10,12,14-15,19,25H,3,11,13,16-18H2,1-2H3/t19-,25+/m1/s1. The van der Waals surface area contributed by atoms with Gasteiger partial charge in [-0.05, 0) is 71.8 Å². The fourth-order valence-corrected chi connectivity index (χ4v) is 5.29. The smallest absolute Gasteiger partial charge is 0.254 e. The predicted octanol–water partition coefficient (Wildman–Crippen LogP) is 5.72.